The summed E-state index contributed by atoms with van der Waals surface area (Å²) in [7, 11) is 0. The summed E-state index contributed by atoms with van der Waals surface area (Å²) in [6.07, 6.45) is 3.14. The molecule has 5 heteroatoms. The maximum atomic E-state index is 12.3. The number of halogens is 1. The fourth-order valence-electron chi connectivity index (χ4n) is 3.12. The van der Waals surface area contributed by atoms with Gasteiger partial charge in [-0.3, -0.25) is 4.79 Å². The van der Waals surface area contributed by atoms with E-state index in [0.29, 0.717) is 10.8 Å². The summed E-state index contributed by atoms with van der Waals surface area (Å²) in [5.74, 6) is 1.14. The molecule has 3 aromatic rings. The molecule has 4 nitrogen and oxygen atoms in total. The van der Waals surface area contributed by atoms with E-state index in [2.05, 4.69) is 30.1 Å². The molecule has 1 heterocycles. The second-order valence-corrected chi connectivity index (χ2v) is 7.14. The zero-order valence-corrected chi connectivity index (χ0v) is 17.7. The summed E-state index contributed by atoms with van der Waals surface area (Å²) in [6, 6.07) is 17.2. The second kappa shape index (κ2) is 9.48. The highest BCUT2D eigenvalue weighted by Gasteiger charge is 2.07. The first-order valence-electron chi connectivity index (χ1n) is 9.70. The minimum absolute atomic E-state index is 0.201. The Labute approximate surface area is 176 Å². The largest absolute Gasteiger partial charge is 0.457 e. The van der Waals surface area contributed by atoms with Crippen molar-refractivity contribution in [3.05, 3.63) is 77.0 Å². The number of hydrogen-bond acceptors (Lipinski definition) is 3. The summed E-state index contributed by atoms with van der Waals surface area (Å²) in [6.45, 7) is 8.16. The monoisotopic (exact) mass is 408 g/mol. The van der Waals surface area contributed by atoms with Crippen LogP contribution in [0.15, 0.2) is 65.1 Å². The average Bonchev–Trinajstić information content (AvgIpc) is 3.19. The third kappa shape index (κ3) is 5.30. The highest BCUT2D eigenvalue weighted by molar-refractivity contribution is 6.30. The van der Waals surface area contributed by atoms with Gasteiger partial charge in [-0.15, -0.1) is 0 Å². The Hall–Kier alpha value is -2.98. The topological polar surface area (TPSA) is 45.5 Å². The fraction of sp³-hybridized carbons (Fsp3) is 0.208. The molecule has 29 heavy (non-hydrogen) atoms. The number of amides is 1. The highest BCUT2D eigenvalue weighted by atomic mass is 35.5. The van der Waals surface area contributed by atoms with E-state index < -0.39 is 0 Å². The van der Waals surface area contributed by atoms with Gasteiger partial charge < -0.3 is 14.6 Å². The Kier molecular flexibility index (Phi) is 6.78. The normalized spacial score (nSPS) is 11.0. The van der Waals surface area contributed by atoms with E-state index in [1.807, 2.05) is 55.5 Å². The van der Waals surface area contributed by atoms with Crippen LogP contribution < -0.4 is 10.2 Å². The Bertz CT molecular complexity index is 1000. The van der Waals surface area contributed by atoms with E-state index in [4.69, 9.17) is 16.0 Å². The maximum Gasteiger partial charge on any atom is 0.248 e. The van der Waals surface area contributed by atoms with Gasteiger partial charge in [-0.1, -0.05) is 11.6 Å². The van der Waals surface area contributed by atoms with Crippen molar-refractivity contribution < 1.29 is 9.21 Å². The zero-order chi connectivity index (χ0) is 20.8. The van der Waals surface area contributed by atoms with E-state index in [-0.39, 0.29) is 5.91 Å². The molecule has 2 aromatic carbocycles. The number of anilines is 2. The van der Waals surface area contributed by atoms with Gasteiger partial charge in [0.15, 0.2) is 0 Å². The number of carbonyl (C=O) groups is 1. The number of nitrogens with one attached hydrogen (secondary N) is 1. The first-order chi connectivity index (χ1) is 14.0. The molecule has 0 radical (unpaired) electrons. The molecule has 1 amide bonds. The van der Waals surface area contributed by atoms with Gasteiger partial charge in [0.25, 0.3) is 0 Å². The van der Waals surface area contributed by atoms with Crippen molar-refractivity contribution in [3.63, 3.8) is 0 Å². The van der Waals surface area contributed by atoms with Crippen LogP contribution in [0.2, 0.25) is 5.02 Å². The van der Waals surface area contributed by atoms with Crippen molar-refractivity contribution in [2.24, 2.45) is 0 Å². The average molecular weight is 409 g/mol. The van der Waals surface area contributed by atoms with Crippen LogP contribution in [-0.4, -0.2) is 19.0 Å². The van der Waals surface area contributed by atoms with E-state index in [9.17, 15) is 4.79 Å². The number of rotatable bonds is 7. The van der Waals surface area contributed by atoms with Gasteiger partial charge in [0, 0.05) is 41.1 Å². The molecule has 0 aliphatic heterocycles. The van der Waals surface area contributed by atoms with Gasteiger partial charge >= 0.3 is 0 Å². The predicted octanol–water partition coefficient (Wildman–Crippen LogP) is 6.41. The minimum Gasteiger partial charge on any atom is -0.457 e. The van der Waals surface area contributed by atoms with Crippen molar-refractivity contribution in [1.82, 2.24) is 0 Å². The number of furan rings is 1. The molecular weight excluding hydrogens is 384 g/mol. The van der Waals surface area contributed by atoms with E-state index in [1.165, 1.54) is 6.08 Å². The van der Waals surface area contributed by atoms with E-state index in [0.717, 1.165) is 41.4 Å². The van der Waals surface area contributed by atoms with Crippen LogP contribution in [0.3, 0.4) is 0 Å². The lowest BCUT2D eigenvalue weighted by molar-refractivity contribution is -0.111. The molecule has 0 saturated heterocycles. The van der Waals surface area contributed by atoms with Crippen LogP contribution >= 0.6 is 11.6 Å². The maximum absolute atomic E-state index is 12.3. The zero-order valence-electron chi connectivity index (χ0n) is 16.9. The lowest BCUT2D eigenvalue weighted by Crippen LogP contribution is -2.22. The molecule has 0 aliphatic rings. The predicted molar refractivity (Wildman–Crippen MR) is 122 cm³/mol. The number of hydrogen-bond donors (Lipinski definition) is 1. The van der Waals surface area contributed by atoms with Crippen LogP contribution in [-0.2, 0) is 4.79 Å². The molecule has 0 fully saturated rings. The molecule has 1 N–H and O–H groups in total. The van der Waals surface area contributed by atoms with Crippen molar-refractivity contribution >= 4 is 35.0 Å². The Balaban J connectivity index is 1.65. The molecule has 0 atom stereocenters. The molecular formula is C24H25ClN2O2. The van der Waals surface area contributed by atoms with Gasteiger partial charge in [-0.05, 0) is 87.0 Å². The van der Waals surface area contributed by atoms with Gasteiger partial charge in [0.1, 0.15) is 11.5 Å². The molecule has 3 rings (SSSR count). The van der Waals surface area contributed by atoms with Crippen molar-refractivity contribution in [3.8, 4) is 11.3 Å². The van der Waals surface area contributed by atoms with Crippen LogP contribution in [0, 0.1) is 6.92 Å². The first kappa shape index (κ1) is 20.7. The second-order valence-electron chi connectivity index (χ2n) is 6.70. The summed E-state index contributed by atoms with van der Waals surface area (Å²) in [5.41, 5.74) is 3.92. The van der Waals surface area contributed by atoms with Crippen molar-refractivity contribution in [1.29, 1.82) is 0 Å². The summed E-state index contributed by atoms with van der Waals surface area (Å²) >= 11 is 5.92. The number of nitrogens with zero attached hydrogens (tertiary/aromatic N) is 1. The van der Waals surface area contributed by atoms with Gasteiger partial charge in [0.2, 0.25) is 5.91 Å². The molecule has 0 aliphatic carbocycles. The van der Waals surface area contributed by atoms with Crippen molar-refractivity contribution in [2.45, 2.75) is 20.8 Å². The number of aryl methyl sites for hydroxylation is 1. The summed E-state index contributed by atoms with van der Waals surface area (Å²) in [5, 5.41) is 3.61. The van der Waals surface area contributed by atoms with Crippen molar-refractivity contribution in [2.75, 3.05) is 23.3 Å². The number of carbonyl (C=O) groups excluding carboxylic acids is 1. The van der Waals surface area contributed by atoms with Crippen LogP contribution in [0.1, 0.15) is 25.2 Å². The van der Waals surface area contributed by atoms with Crippen LogP contribution in [0.5, 0.6) is 0 Å². The van der Waals surface area contributed by atoms with E-state index in [1.54, 1.807) is 6.08 Å². The molecule has 0 bridgehead atoms. The molecule has 150 valence electrons. The fourth-order valence-corrected chi connectivity index (χ4v) is 3.24. The summed E-state index contributed by atoms with van der Waals surface area (Å²) in [4.78, 5) is 14.6. The third-order valence-electron chi connectivity index (χ3n) is 4.75. The smallest absolute Gasteiger partial charge is 0.248 e. The Morgan fingerprint density at radius 2 is 1.79 bits per heavy atom. The molecule has 0 saturated carbocycles. The molecule has 0 unspecified atom stereocenters. The third-order valence-corrected chi connectivity index (χ3v) is 5.00. The number of benzene rings is 2. The SMILES string of the molecule is CCN(CC)c1ccc(NC(=O)/C=C/c2ccc(-c3ccc(Cl)cc3)o2)c(C)c1. The lowest BCUT2D eigenvalue weighted by atomic mass is 10.1. The standard InChI is InChI=1S/C24H25ClN2O2/c1-4-27(5-2)20-10-13-22(17(3)16-20)26-24(28)15-12-21-11-14-23(29-21)18-6-8-19(25)9-7-18/h6-16H,4-5H2,1-3H3,(H,26,28)/b15-12+. The highest BCUT2D eigenvalue weighted by Crippen LogP contribution is 2.25. The summed E-state index contributed by atoms with van der Waals surface area (Å²) < 4.78 is 5.79. The molecule has 0 spiro atoms. The Morgan fingerprint density at radius 1 is 1.07 bits per heavy atom. The van der Waals surface area contributed by atoms with Crippen LogP contribution in [0.4, 0.5) is 11.4 Å². The molecule has 1 aromatic heterocycles. The van der Waals surface area contributed by atoms with Gasteiger partial charge in [-0.2, -0.15) is 0 Å². The minimum atomic E-state index is -0.201. The quantitative estimate of drug-likeness (QED) is 0.459. The van der Waals surface area contributed by atoms with Gasteiger partial charge in [-0.25, -0.2) is 0 Å². The van der Waals surface area contributed by atoms with E-state index >= 15 is 0 Å². The van der Waals surface area contributed by atoms with Crippen LogP contribution in [0.25, 0.3) is 17.4 Å². The van der Waals surface area contributed by atoms with Gasteiger partial charge in [0.05, 0.1) is 0 Å². The lowest BCUT2D eigenvalue weighted by Gasteiger charge is -2.22. The Morgan fingerprint density at radius 3 is 2.45 bits per heavy atom. The first-order valence-corrected chi connectivity index (χ1v) is 10.1.